The lowest BCUT2D eigenvalue weighted by Gasteiger charge is -2.39. The van der Waals surface area contributed by atoms with E-state index in [0.29, 0.717) is 11.8 Å². The number of hydrogen-bond acceptors (Lipinski definition) is 5. The highest BCUT2D eigenvalue weighted by Gasteiger charge is 2.45. The molecule has 5 atom stereocenters. The number of fused-ring (bicyclic) bond motifs is 1. The molecule has 2 heterocycles. The van der Waals surface area contributed by atoms with Crippen LogP contribution in [-0.4, -0.2) is 36.9 Å². The van der Waals surface area contributed by atoms with Gasteiger partial charge in [-0.05, 0) is 11.8 Å². The van der Waals surface area contributed by atoms with E-state index in [1.807, 2.05) is 6.92 Å². The Labute approximate surface area is 101 Å². The van der Waals surface area contributed by atoms with Gasteiger partial charge in [0.15, 0.2) is 5.90 Å². The summed E-state index contributed by atoms with van der Waals surface area (Å²) < 4.78 is 16.3. The predicted octanol–water partition coefficient (Wildman–Crippen LogP) is 1.36. The van der Waals surface area contributed by atoms with Gasteiger partial charge in [-0.1, -0.05) is 13.8 Å². The third kappa shape index (κ3) is 2.44. The third-order valence-electron chi connectivity index (χ3n) is 3.61. The van der Waals surface area contributed by atoms with Crippen LogP contribution in [0.5, 0.6) is 0 Å². The molecule has 1 saturated heterocycles. The average Bonchev–Trinajstić information content (AvgIpc) is 2.62. The summed E-state index contributed by atoms with van der Waals surface area (Å²) in [6.07, 6.45) is -0.432. The first kappa shape index (κ1) is 12.4. The zero-order valence-corrected chi connectivity index (χ0v) is 10.7. The van der Waals surface area contributed by atoms with E-state index in [1.54, 1.807) is 0 Å². The van der Waals surface area contributed by atoms with Gasteiger partial charge in [-0.3, -0.25) is 4.79 Å². The summed E-state index contributed by atoms with van der Waals surface area (Å²) in [5, 5.41) is 0. The lowest BCUT2D eigenvalue weighted by molar-refractivity contribution is -0.202. The largest absolute Gasteiger partial charge is 0.463 e. The summed E-state index contributed by atoms with van der Waals surface area (Å²) in [5.41, 5.74) is 0. The number of nitrogens with zero attached hydrogens (tertiary/aromatic N) is 1. The van der Waals surface area contributed by atoms with Crippen LogP contribution in [-0.2, 0) is 19.0 Å². The van der Waals surface area contributed by atoms with E-state index >= 15 is 0 Å². The van der Waals surface area contributed by atoms with Crippen LogP contribution in [0.1, 0.15) is 27.7 Å². The molecule has 0 saturated carbocycles. The number of rotatable bonds is 2. The van der Waals surface area contributed by atoms with Crippen LogP contribution >= 0.6 is 0 Å². The van der Waals surface area contributed by atoms with Crippen LogP contribution in [0.3, 0.4) is 0 Å². The predicted molar refractivity (Wildman–Crippen MR) is 61.6 cm³/mol. The van der Waals surface area contributed by atoms with E-state index in [2.05, 4.69) is 18.8 Å². The van der Waals surface area contributed by atoms with Crippen molar-refractivity contribution in [1.29, 1.82) is 0 Å². The molecule has 1 fully saturated rings. The van der Waals surface area contributed by atoms with Gasteiger partial charge in [0.1, 0.15) is 12.6 Å². The van der Waals surface area contributed by atoms with E-state index in [1.165, 1.54) is 6.92 Å². The lowest BCUT2D eigenvalue weighted by atomic mass is 9.83. The molecule has 5 nitrogen and oxygen atoms in total. The molecule has 0 N–H and O–H groups in total. The van der Waals surface area contributed by atoms with Crippen LogP contribution in [0.4, 0.5) is 0 Å². The third-order valence-corrected chi connectivity index (χ3v) is 3.61. The van der Waals surface area contributed by atoms with Crippen molar-refractivity contribution < 1.29 is 19.0 Å². The van der Waals surface area contributed by atoms with Crippen molar-refractivity contribution >= 4 is 11.9 Å². The quantitative estimate of drug-likeness (QED) is 0.685. The van der Waals surface area contributed by atoms with E-state index in [-0.39, 0.29) is 36.9 Å². The molecule has 2 aliphatic rings. The molecule has 0 aliphatic carbocycles. The second-order valence-electron chi connectivity index (χ2n) is 4.82. The summed E-state index contributed by atoms with van der Waals surface area (Å²) in [4.78, 5) is 15.3. The van der Waals surface area contributed by atoms with Gasteiger partial charge in [0.05, 0.1) is 6.10 Å². The van der Waals surface area contributed by atoms with Crippen LogP contribution in [0, 0.1) is 11.8 Å². The fourth-order valence-corrected chi connectivity index (χ4v) is 2.35. The average molecular weight is 241 g/mol. The number of ether oxygens (including phenoxy) is 3. The fourth-order valence-electron chi connectivity index (χ4n) is 2.35. The van der Waals surface area contributed by atoms with E-state index in [4.69, 9.17) is 14.2 Å². The van der Waals surface area contributed by atoms with E-state index in [0.717, 1.165) is 0 Å². The summed E-state index contributed by atoms with van der Waals surface area (Å²) in [5.74, 6) is 1.03. The molecule has 0 bridgehead atoms. The van der Waals surface area contributed by atoms with Gasteiger partial charge in [-0.25, -0.2) is 4.99 Å². The Morgan fingerprint density at radius 2 is 2.12 bits per heavy atom. The highest BCUT2D eigenvalue weighted by atomic mass is 16.7. The maximum atomic E-state index is 10.8. The van der Waals surface area contributed by atoms with Crippen LogP contribution in [0.15, 0.2) is 4.99 Å². The second kappa shape index (κ2) is 4.64. The van der Waals surface area contributed by atoms with Crippen molar-refractivity contribution in [3.63, 3.8) is 0 Å². The topological polar surface area (TPSA) is 57.1 Å². The number of aliphatic imine (C=N–C) groups is 1. The maximum absolute atomic E-state index is 10.8. The van der Waals surface area contributed by atoms with Crippen molar-refractivity contribution in [3.05, 3.63) is 0 Å². The van der Waals surface area contributed by atoms with Gasteiger partial charge in [-0.2, -0.15) is 0 Å². The Hall–Kier alpha value is -1.10. The van der Waals surface area contributed by atoms with Crippen molar-refractivity contribution in [3.8, 4) is 0 Å². The Bertz CT molecular complexity index is 341. The number of carbonyl (C=O) groups is 1. The van der Waals surface area contributed by atoms with Crippen molar-refractivity contribution in [1.82, 2.24) is 0 Å². The van der Waals surface area contributed by atoms with Gasteiger partial charge in [0.25, 0.3) is 0 Å². The molecule has 0 spiro atoms. The fraction of sp³-hybridized carbons (Fsp3) is 0.833. The SMILES string of the molecule is CC(=O)OCC1O[C@H]2OC(C)=N[C@H]2C(C)[C@H]1C. The number of carbonyl (C=O) groups excluding carboxylic acids is 1. The zero-order valence-electron chi connectivity index (χ0n) is 10.7. The Morgan fingerprint density at radius 3 is 2.76 bits per heavy atom. The van der Waals surface area contributed by atoms with Gasteiger partial charge in [0.2, 0.25) is 6.29 Å². The molecule has 0 aromatic carbocycles. The molecule has 0 amide bonds. The minimum absolute atomic E-state index is 0.0681. The number of esters is 1. The smallest absolute Gasteiger partial charge is 0.302 e. The van der Waals surface area contributed by atoms with Gasteiger partial charge in [0, 0.05) is 13.8 Å². The maximum Gasteiger partial charge on any atom is 0.302 e. The van der Waals surface area contributed by atoms with E-state index < -0.39 is 0 Å². The van der Waals surface area contributed by atoms with Crippen molar-refractivity contribution in [2.45, 2.75) is 46.1 Å². The molecule has 17 heavy (non-hydrogen) atoms. The monoisotopic (exact) mass is 241 g/mol. The van der Waals surface area contributed by atoms with Crippen molar-refractivity contribution in [2.75, 3.05) is 6.61 Å². The molecule has 2 aliphatic heterocycles. The molecule has 0 aromatic rings. The molecular formula is C12H19NO4. The molecule has 0 radical (unpaired) electrons. The molecule has 5 heteroatoms. The van der Waals surface area contributed by atoms with Gasteiger partial charge in [-0.15, -0.1) is 0 Å². The molecule has 0 aromatic heterocycles. The van der Waals surface area contributed by atoms with Crippen LogP contribution in [0.25, 0.3) is 0 Å². The Balaban J connectivity index is 2.01. The Morgan fingerprint density at radius 1 is 1.41 bits per heavy atom. The molecule has 96 valence electrons. The highest BCUT2D eigenvalue weighted by molar-refractivity contribution is 5.75. The standard InChI is InChI=1S/C12H19NO4/c1-6-7(2)11-12(16-8(3)13-11)17-10(6)5-15-9(4)14/h6-7,10-12H,5H2,1-4H3/t6-,7?,10?,11+,12-/m1/s1. The molecular weight excluding hydrogens is 222 g/mol. The molecule has 2 unspecified atom stereocenters. The normalized spacial score (nSPS) is 40.2. The highest BCUT2D eigenvalue weighted by Crippen LogP contribution is 2.36. The number of hydrogen-bond donors (Lipinski definition) is 0. The van der Waals surface area contributed by atoms with Gasteiger partial charge < -0.3 is 14.2 Å². The molecule has 2 rings (SSSR count). The minimum Gasteiger partial charge on any atom is -0.463 e. The zero-order chi connectivity index (χ0) is 12.6. The van der Waals surface area contributed by atoms with E-state index in [9.17, 15) is 4.79 Å². The second-order valence-corrected chi connectivity index (χ2v) is 4.82. The Kier molecular flexibility index (Phi) is 3.38. The van der Waals surface area contributed by atoms with Crippen LogP contribution < -0.4 is 0 Å². The minimum atomic E-state index is -0.318. The van der Waals surface area contributed by atoms with Crippen molar-refractivity contribution in [2.24, 2.45) is 16.8 Å². The summed E-state index contributed by atoms with van der Waals surface area (Å²) >= 11 is 0. The first-order chi connectivity index (χ1) is 7.99. The van der Waals surface area contributed by atoms with Gasteiger partial charge >= 0.3 is 5.97 Å². The first-order valence-electron chi connectivity index (χ1n) is 5.99. The summed E-state index contributed by atoms with van der Waals surface area (Å²) in [6.45, 7) is 7.75. The summed E-state index contributed by atoms with van der Waals surface area (Å²) in [7, 11) is 0. The first-order valence-corrected chi connectivity index (χ1v) is 5.99. The van der Waals surface area contributed by atoms with Crippen LogP contribution in [0.2, 0.25) is 0 Å². The lowest BCUT2D eigenvalue weighted by Crippen LogP contribution is -2.49. The summed E-state index contributed by atoms with van der Waals surface area (Å²) in [6, 6.07) is 0.0681.